The van der Waals surface area contributed by atoms with Crippen LogP contribution < -0.4 is 15.0 Å². The first-order valence-corrected chi connectivity index (χ1v) is 11.3. The van der Waals surface area contributed by atoms with Gasteiger partial charge in [-0.25, -0.2) is 4.90 Å². The van der Waals surface area contributed by atoms with Crippen molar-refractivity contribution in [2.45, 2.75) is 26.7 Å². The minimum atomic E-state index is -0.431. The van der Waals surface area contributed by atoms with E-state index in [1.807, 2.05) is 31.2 Å². The summed E-state index contributed by atoms with van der Waals surface area (Å²) in [5.74, 6) is 0.251. The standard InChI is InChI=1S/C27H25ClN2O3/c1-4-33-23-14-10-19(11-15-23)24-25(29-21-12-8-18(9-13-21)17(2)3)27(32)30(26(24)31)22-7-5-6-20(28)16-22/h5-17,29H,4H2,1-3H3. The van der Waals surface area contributed by atoms with Crippen molar-refractivity contribution in [3.8, 4) is 5.75 Å². The Morgan fingerprint density at radius 1 is 0.939 bits per heavy atom. The van der Waals surface area contributed by atoms with Crippen LogP contribution in [0.3, 0.4) is 0 Å². The van der Waals surface area contributed by atoms with Gasteiger partial charge in [-0.05, 0) is 66.4 Å². The van der Waals surface area contributed by atoms with Gasteiger partial charge in [-0.3, -0.25) is 9.59 Å². The zero-order chi connectivity index (χ0) is 23.5. The third-order valence-electron chi connectivity index (χ3n) is 5.45. The predicted octanol–water partition coefficient (Wildman–Crippen LogP) is 6.26. The molecule has 6 heteroatoms. The van der Waals surface area contributed by atoms with Crippen LogP contribution in [0.25, 0.3) is 5.57 Å². The highest BCUT2D eigenvalue weighted by atomic mass is 35.5. The molecular formula is C27H25ClN2O3. The number of hydrogen-bond donors (Lipinski definition) is 1. The summed E-state index contributed by atoms with van der Waals surface area (Å²) in [6.07, 6.45) is 0. The summed E-state index contributed by atoms with van der Waals surface area (Å²) < 4.78 is 5.52. The van der Waals surface area contributed by atoms with Crippen LogP contribution in [-0.2, 0) is 9.59 Å². The van der Waals surface area contributed by atoms with Crippen LogP contribution in [0, 0.1) is 0 Å². The average molecular weight is 461 g/mol. The molecule has 0 unspecified atom stereocenters. The van der Waals surface area contributed by atoms with Gasteiger partial charge in [0.2, 0.25) is 0 Å². The van der Waals surface area contributed by atoms with Crippen LogP contribution in [0.5, 0.6) is 5.75 Å². The molecule has 33 heavy (non-hydrogen) atoms. The second-order valence-electron chi connectivity index (χ2n) is 8.03. The molecule has 4 rings (SSSR count). The summed E-state index contributed by atoms with van der Waals surface area (Å²) in [5, 5.41) is 3.64. The molecule has 0 fully saturated rings. The van der Waals surface area contributed by atoms with Crippen molar-refractivity contribution in [2.75, 3.05) is 16.8 Å². The highest BCUT2D eigenvalue weighted by Gasteiger charge is 2.40. The highest BCUT2D eigenvalue weighted by molar-refractivity contribution is 6.46. The first kappa shape index (κ1) is 22.6. The monoisotopic (exact) mass is 460 g/mol. The average Bonchev–Trinajstić information content (AvgIpc) is 3.04. The summed E-state index contributed by atoms with van der Waals surface area (Å²) in [7, 11) is 0. The van der Waals surface area contributed by atoms with E-state index in [0.717, 1.165) is 10.6 Å². The Balaban J connectivity index is 1.76. The zero-order valence-electron chi connectivity index (χ0n) is 18.8. The van der Waals surface area contributed by atoms with Crippen molar-refractivity contribution < 1.29 is 14.3 Å². The van der Waals surface area contributed by atoms with Crippen molar-refractivity contribution >= 4 is 40.4 Å². The van der Waals surface area contributed by atoms with E-state index in [-0.39, 0.29) is 5.70 Å². The third-order valence-corrected chi connectivity index (χ3v) is 5.69. The molecule has 1 heterocycles. The Labute approximate surface area is 198 Å². The Morgan fingerprint density at radius 2 is 1.64 bits per heavy atom. The molecule has 3 aromatic carbocycles. The topological polar surface area (TPSA) is 58.6 Å². The molecule has 0 saturated heterocycles. The molecule has 0 atom stereocenters. The summed E-state index contributed by atoms with van der Waals surface area (Å²) in [5.41, 5.74) is 3.50. The van der Waals surface area contributed by atoms with Crippen LogP contribution in [0.15, 0.2) is 78.5 Å². The molecule has 1 N–H and O–H groups in total. The smallest absolute Gasteiger partial charge is 0.282 e. The second-order valence-corrected chi connectivity index (χ2v) is 8.47. The van der Waals surface area contributed by atoms with Gasteiger partial charge in [0.05, 0.1) is 17.9 Å². The van der Waals surface area contributed by atoms with E-state index in [9.17, 15) is 9.59 Å². The van der Waals surface area contributed by atoms with Crippen LogP contribution in [-0.4, -0.2) is 18.4 Å². The fourth-order valence-electron chi connectivity index (χ4n) is 3.74. The van der Waals surface area contributed by atoms with E-state index in [1.165, 1.54) is 5.56 Å². The fraction of sp³-hybridized carbons (Fsp3) is 0.185. The van der Waals surface area contributed by atoms with E-state index < -0.39 is 11.8 Å². The lowest BCUT2D eigenvalue weighted by Crippen LogP contribution is -2.32. The number of carbonyl (C=O) groups excluding carboxylic acids is 2. The van der Waals surface area contributed by atoms with E-state index >= 15 is 0 Å². The number of imide groups is 1. The minimum absolute atomic E-state index is 0.224. The Morgan fingerprint density at radius 3 is 2.24 bits per heavy atom. The van der Waals surface area contributed by atoms with Gasteiger partial charge < -0.3 is 10.1 Å². The minimum Gasteiger partial charge on any atom is -0.494 e. The molecule has 0 saturated carbocycles. The summed E-state index contributed by atoms with van der Waals surface area (Å²) in [6, 6.07) is 21.7. The Kier molecular flexibility index (Phi) is 6.52. The number of anilines is 2. The number of rotatable bonds is 7. The SMILES string of the molecule is CCOc1ccc(C2=C(Nc3ccc(C(C)C)cc3)C(=O)N(c3cccc(Cl)c3)C2=O)cc1. The van der Waals surface area contributed by atoms with Crippen LogP contribution in [0.4, 0.5) is 11.4 Å². The van der Waals surface area contributed by atoms with Crippen LogP contribution >= 0.6 is 11.6 Å². The van der Waals surface area contributed by atoms with Gasteiger partial charge in [0.15, 0.2) is 0 Å². The van der Waals surface area contributed by atoms with Gasteiger partial charge >= 0.3 is 0 Å². The molecule has 0 aromatic heterocycles. The number of halogens is 1. The maximum absolute atomic E-state index is 13.5. The summed E-state index contributed by atoms with van der Waals surface area (Å²) in [6.45, 7) is 6.69. The number of carbonyl (C=O) groups is 2. The van der Waals surface area contributed by atoms with E-state index in [4.69, 9.17) is 16.3 Å². The molecule has 0 bridgehead atoms. The van der Waals surface area contributed by atoms with Crippen molar-refractivity contribution in [3.05, 3.63) is 94.6 Å². The van der Waals surface area contributed by atoms with Crippen molar-refractivity contribution in [1.82, 2.24) is 0 Å². The van der Waals surface area contributed by atoms with Crippen LogP contribution in [0.2, 0.25) is 5.02 Å². The molecule has 3 aromatic rings. The maximum Gasteiger partial charge on any atom is 0.282 e. The predicted molar refractivity (Wildman–Crippen MR) is 133 cm³/mol. The number of hydrogen-bond acceptors (Lipinski definition) is 4. The molecule has 168 valence electrons. The molecule has 2 amide bonds. The number of ether oxygens (including phenoxy) is 1. The third kappa shape index (κ3) is 4.64. The first-order chi connectivity index (χ1) is 15.9. The summed E-state index contributed by atoms with van der Waals surface area (Å²) in [4.78, 5) is 28.1. The highest BCUT2D eigenvalue weighted by Crippen LogP contribution is 2.35. The van der Waals surface area contributed by atoms with Gasteiger partial charge in [-0.2, -0.15) is 0 Å². The second kappa shape index (κ2) is 9.51. The fourth-order valence-corrected chi connectivity index (χ4v) is 3.93. The lowest BCUT2D eigenvalue weighted by Gasteiger charge is -2.16. The molecule has 1 aliphatic heterocycles. The number of nitrogens with zero attached hydrogens (tertiary/aromatic N) is 1. The number of benzene rings is 3. The Bertz CT molecular complexity index is 1210. The quantitative estimate of drug-likeness (QED) is 0.423. The lowest BCUT2D eigenvalue weighted by atomic mass is 10.0. The van der Waals surface area contributed by atoms with Crippen molar-refractivity contribution in [3.63, 3.8) is 0 Å². The maximum atomic E-state index is 13.5. The van der Waals surface area contributed by atoms with Gasteiger partial charge in [-0.15, -0.1) is 0 Å². The van der Waals surface area contributed by atoms with Crippen molar-refractivity contribution in [1.29, 1.82) is 0 Å². The summed E-state index contributed by atoms with van der Waals surface area (Å²) >= 11 is 6.13. The van der Waals surface area contributed by atoms with E-state index in [0.29, 0.717) is 40.1 Å². The Hall–Kier alpha value is -3.57. The van der Waals surface area contributed by atoms with Crippen LogP contribution in [0.1, 0.15) is 37.8 Å². The molecular weight excluding hydrogens is 436 g/mol. The molecule has 0 aliphatic carbocycles. The first-order valence-electron chi connectivity index (χ1n) is 10.9. The molecule has 5 nitrogen and oxygen atoms in total. The lowest BCUT2D eigenvalue weighted by molar-refractivity contribution is -0.120. The van der Waals surface area contributed by atoms with E-state index in [1.54, 1.807) is 48.5 Å². The van der Waals surface area contributed by atoms with Crippen molar-refractivity contribution in [2.24, 2.45) is 0 Å². The zero-order valence-corrected chi connectivity index (χ0v) is 19.5. The van der Waals surface area contributed by atoms with E-state index in [2.05, 4.69) is 19.2 Å². The molecule has 1 aliphatic rings. The van der Waals surface area contributed by atoms with Gasteiger partial charge in [0.25, 0.3) is 11.8 Å². The largest absolute Gasteiger partial charge is 0.494 e. The number of nitrogens with one attached hydrogen (secondary N) is 1. The molecule has 0 spiro atoms. The van der Waals surface area contributed by atoms with Gasteiger partial charge in [0, 0.05) is 10.7 Å². The van der Waals surface area contributed by atoms with Gasteiger partial charge in [0.1, 0.15) is 11.4 Å². The van der Waals surface area contributed by atoms with Gasteiger partial charge in [-0.1, -0.05) is 55.8 Å². The normalized spacial score (nSPS) is 13.8. The number of amides is 2. The molecule has 0 radical (unpaired) electrons.